The normalized spacial score (nSPS) is 14.1. The van der Waals surface area contributed by atoms with Gasteiger partial charge in [-0.2, -0.15) is 0 Å². The molecule has 21 heavy (non-hydrogen) atoms. The Morgan fingerprint density at radius 2 is 2.05 bits per heavy atom. The minimum absolute atomic E-state index is 0.0385. The molecule has 1 aromatic heterocycles. The van der Waals surface area contributed by atoms with Gasteiger partial charge in [-0.3, -0.25) is 14.6 Å². The van der Waals surface area contributed by atoms with Gasteiger partial charge >= 0.3 is 0 Å². The largest absolute Gasteiger partial charge is 0.506 e. The van der Waals surface area contributed by atoms with Crippen LogP contribution in [0.1, 0.15) is 15.9 Å². The molecule has 1 aromatic carbocycles. The van der Waals surface area contributed by atoms with Crippen LogP contribution in [0, 0.1) is 0 Å². The standard InChI is InChI=1S/C15H13N3O3/c19-12-5-11(6-16-7-12)15(21)18-8-10-3-1-2-4-13(10)17-14(20)9-18/h1-7,19H,8-9H2,(H,17,20). The van der Waals surface area contributed by atoms with Crippen LogP contribution in [0.25, 0.3) is 0 Å². The Balaban J connectivity index is 1.92. The second-order valence-corrected chi connectivity index (χ2v) is 4.80. The van der Waals surface area contributed by atoms with E-state index in [2.05, 4.69) is 10.3 Å². The summed E-state index contributed by atoms with van der Waals surface area (Å²) in [6.45, 7) is 0.284. The average Bonchev–Trinajstić information content (AvgIpc) is 2.64. The molecule has 0 aliphatic carbocycles. The van der Waals surface area contributed by atoms with Gasteiger partial charge in [-0.25, -0.2) is 0 Å². The lowest BCUT2D eigenvalue weighted by Gasteiger charge is -2.19. The highest BCUT2D eigenvalue weighted by Crippen LogP contribution is 2.21. The summed E-state index contributed by atoms with van der Waals surface area (Å²) in [6, 6.07) is 8.69. The van der Waals surface area contributed by atoms with E-state index in [1.165, 1.54) is 23.4 Å². The van der Waals surface area contributed by atoms with Crippen molar-refractivity contribution in [3.05, 3.63) is 53.9 Å². The number of rotatable bonds is 1. The van der Waals surface area contributed by atoms with Crippen molar-refractivity contribution in [3.8, 4) is 5.75 Å². The number of carbonyl (C=O) groups is 2. The predicted octanol–water partition coefficient (Wildman–Crippen LogP) is 1.38. The van der Waals surface area contributed by atoms with Gasteiger partial charge in [-0.15, -0.1) is 0 Å². The molecular weight excluding hydrogens is 270 g/mol. The number of hydrogen-bond acceptors (Lipinski definition) is 4. The van der Waals surface area contributed by atoms with Gasteiger partial charge in [0.05, 0.1) is 11.8 Å². The van der Waals surface area contributed by atoms with Crippen LogP contribution in [0.2, 0.25) is 0 Å². The predicted molar refractivity (Wildman–Crippen MR) is 75.7 cm³/mol. The maximum atomic E-state index is 12.5. The number of nitrogens with one attached hydrogen (secondary N) is 1. The van der Waals surface area contributed by atoms with Crippen molar-refractivity contribution < 1.29 is 14.7 Å². The first-order valence-corrected chi connectivity index (χ1v) is 6.44. The van der Waals surface area contributed by atoms with Crippen molar-refractivity contribution in [2.75, 3.05) is 11.9 Å². The van der Waals surface area contributed by atoms with Crippen LogP contribution in [0.4, 0.5) is 5.69 Å². The number of para-hydroxylation sites is 1. The number of pyridine rings is 1. The van der Waals surface area contributed by atoms with E-state index in [0.717, 1.165) is 5.56 Å². The van der Waals surface area contributed by atoms with Crippen LogP contribution < -0.4 is 5.32 Å². The van der Waals surface area contributed by atoms with Gasteiger partial charge in [0.2, 0.25) is 5.91 Å². The number of fused-ring (bicyclic) bond motifs is 1. The summed E-state index contributed by atoms with van der Waals surface area (Å²) in [4.78, 5) is 29.6. The Morgan fingerprint density at radius 3 is 2.86 bits per heavy atom. The van der Waals surface area contributed by atoms with Crippen molar-refractivity contribution in [1.82, 2.24) is 9.88 Å². The maximum absolute atomic E-state index is 12.5. The molecule has 0 saturated carbocycles. The number of amides is 2. The first-order chi connectivity index (χ1) is 10.1. The number of nitrogens with zero attached hydrogens (tertiary/aromatic N) is 2. The SMILES string of the molecule is O=C1CN(C(=O)c2cncc(O)c2)Cc2ccccc2N1. The lowest BCUT2D eigenvalue weighted by atomic mass is 10.1. The zero-order chi connectivity index (χ0) is 14.8. The first kappa shape index (κ1) is 13.1. The van der Waals surface area contributed by atoms with E-state index in [1.807, 2.05) is 18.2 Å². The van der Waals surface area contributed by atoms with Gasteiger partial charge in [0.25, 0.3) is 5.91 Å². The van der Waals surface area contributed by atoms with E-state index < -0.39 is 0 Å². The third-order valence-electron chi connectivity index (χ3n) is 3.25. The van der Waals surface area contributed by atoms with Gasteiger partial charge in [0.15, 0.2) is 0 Å². The molecule has 0 spiro atoms. The molecule has 0 radical (unpaired) electrons. The highest BCUT2D eigenvalue weighted by Gasteiger charge is 2.24. The van der Waals surface area contributed by atoms with Gasteiger partial charge in [0, 0.05) is 18.4 Å². The van der Waals surface area contributed by atoms with Crippen molar-refractivity contribution in [1.29, 1.82) is 0 Å². The van der Waals surface area contributed by atoms with E-state index >= 15 is 0 Å². The van der Waals surface area contributed by atoms with Crippen molar-refractivity contribution in [2.24, 2.45) is 0 Å². The number of anilines is 1. The number of hydrogen-bond donors (Lipinski definition) is 2. The van der Waals surface area contributed by atoms with Gasteiger partial charge in [-0.1, -0.05) is 18.2 Å². The molecule has 0 bridgehead atoms. The highest BCUT2D eigenvalue weighted by molar-refractivity contribution is 6.00. The highest BCUT2D eigenvalue weighted by atomic mass is 16.3. The fourth-order valence-electron chi connectivity index (χ4n) is 2.28. The summed E-state index contributed by atoms with van der Waals surface area (Å²) in [7, 11) is 0. The molecule has 2 heterocycles. The van der Waals surface area contributed by atoms with E-state index in [1.54, 1.807) is 6.07 Å². The topological polar surface area (TPSA) is 82.5 Å². The molecule has 6 nitrogen and oxygen atoms in total. The monoisotopic (exact) mass is 283 g/mol. The molecule has 2 amide bonds. The fraction of sp³-hybridized carbons (Fsp3) is 0.133. The minimum Gasteiger partial charge on any atom is -0.506 e. The third-order valence-corrected chi connectivity index (χ3v) is 3.25. The number of carbonyl (C=O) groups excluding carboxylic acids is 2. The Hall–Kier alpha value is -2.89. The van der Waals surface area contributed by atoms with Crippen LogP contribution in [0.5, 0.6) is 5.75 Å². The molecule has 2 N–H and O–H groups in total. The van der Waals surface area contributed by atoms with Crippen LogP contribution in [-0.2, 0) is 11.3 Å². The molecule has 2 aromatic rings. The number of benzene rings is 1. The first-order valence-electron chi connectivity index (χ1n) is 6.44. The molecule has 1 aliphatic heterocycles. The van der Waals surface area contributed by atoms with Gasteiger partial charge in [-0.05, 0) is 17.7 Å². The van der Waals surface area contributed by atoms with Crippen LogP contribution in [-0.4, -0.2) is 33.3 Å². The quantitative estimate of drug-likeness (QED) is 0.828. The number of aromatic nitrogens is 1. The smallest absolute Gasteiger partial charge is 0.256 e. The van der Waals surface area contributed by atoms with E-state index in [4.69, 9.17) is 0 Å². The molecule has 0 atom stereocenters. The van der Waals surface area contributed by atoms with E-state index in [-0.39, 0.29) is 29.7 Å². The maximum Gasteiger partial charge on any atom is 0.256 e. The van der Waals surface area contributed by atoms with Crippen LogP contribution >= 0.6 is 0 Å². The molecule has 3 rings (SSSR count). The Bertz CT molecular complexity index is 715. The molecule has 0 fully saturated rings. The van der Waals surface area contributed by atoms with Gasteiger partial charge in [0.1, 0.15) is 12.3 Å². The minimum atomic E-state index is -0.342. The summed E-state index contributed by atoms with van der Waals surface area (Å²) in [6.07, 6.45) is 2.62. The van der Waals surface area contributed by atoms with E-state index in [9.17, 15) is 14.7 Å². The molecule has 6 heteroatoms. The second-order valence-electron chi connectivity index (χ2n) is 4.80. The summed E-state index contributed by atoms with van der Waals surface area (Å²) in [5.41, 5.74) is 1.83. The molecule has 1 aliphatic rings. The van der Waals surface area contributed by atoms with Crippen LogP contribution in [0.3, 0.4) is 0 Å². The summed E-state index contributed by atoms with van der Waals surface area (Å²) < 4.78 is 0. The zero-order valence-corrected chi connectivity index (χ0v) is 11.1. The lowest BCUT2D eigenvalue weighted by Crippen LogP contribution is -2.35. The Morgan fingerprint density at radius 1 is 1.24 bits per heavy atom. The third kappa shape index (κ3) is 2.69. The van der Waals surface area contributed by atoms with Crippen molar-refractivity contribution in [2.45, 2.75) is 6.54 Å². The summed E-state index contributed by atoms with van der Waals surface area (Å²) >= 11 is 0. The molecule has 0 saturated heterocycles. The van der Waals surface area contributed by atoms with E-state index in [0.29, 0.717) is 12.2 Å². The van der Waals surface area contributed by atoms with Gasteiger partial charge < -0.3 is 15.3 Å². The number of aromatic hydroxyl groups is 1. The molecular formula is C15H13N3O3. The average molecular weight is 283 g/mol. The van der Waals surface area contributed by atoms with Crippen LogP contribution in [0.15, 0.2) is 42.7 Å². The summed E-state index contributed by atoms with van der Waals surface area (Å²) in [5.74, 6) is -0.674. The lowest BCUT2D eigenvalue weighted by molar-refractivity contribution is -0.116. The summed E-state index contributed by atoms with van der Waals surface area (Å²) in [5, 5.41) is 12.2. The van der Waals surface area contributed by atoms with Crippen molar-refractivity contribution >= 4 is 17.5 Å². The molecule has 106 valence electrons. The second kappa shape index (κ2) is 5.24. The van der Waals surface area contributed by atoms with Crippen molar-refractivity contribution in [3.63, 3.8) is 0 Å². The molecule has 0 unspecified atom stereocenters. The Kier molecular flexibility index (Phi) is 3.27. The Labute approximate surface area is 121 Å². The zero-order valence-electron chi connectivity index (χ0n) is 11.1. The fourth-order valence-corrected chi connectivity index (χ4v) is 2.28.